The zero-order valence-electron chi connectivity index (χ0n) is 11.4. The van der Waals surface area contributed by atoms with Crippen molar-refractivity contribution in [3.63, 3.8) is 0 Å². The van der Waals surface area contributed by atoms with Crippen molar-refractivity contribution in [3.8, 4) is 0 Å². The van der Waals surface area contributed by atoms with Gasteiger partial charge < -0.3 is 10.1 Å². The Bertz CT molecular complexity index is 375. The van der Waals surface area contributed by atoms with Gasteiger partial charge >= 0.3 is 0 Å². The van der Waals surface area contributed by atoms with Gasteiger partial charge in [0.15, 0.2) is 0 Å². The lowest BCUT2D eigenvalue weighted by molar-refractivity contribution is 0.0583. The minimum atomic E-state index is 0.519. The SMILES string of the molecule is Cc1cnc(C)c(NCCCOC2CCCC2)n1. The number of anilines is 1. The van der Waals surface area contributed by atoms with E-state index in [2.05, 4.69) is 15.3 Å². The van der Waals surface area contributed by atoms with Crippen LogP contribution in [0.25, 0.3) is 0 Å². The molecule has 1 aromatic heterocycles. The van der Waals surface area contributed by atoms with Gasteiger partial charge in [0.1, 0.15) is 5.82 Å². The molecule has 1 N–H and O–H groups in total. The maximum atomic E-state index is 5.82. The first-order valence-electron chi connectivity index (χ1n) is 6.91. The summed E-state index contributed by atoms with van der Waals surface area (Å²) in [7, 11) is 0. The third kappa shape index (κ3) is 3.95. The highest BCUT2D eigenvalue weighted by Gasteiger charge is 2.14. The van der Waals surface area contributed by atoms with Gasteiger partial charge in [0.25, 0.3) is 0 Å². The molecule has 0 amide bonds. The van der Waals surface area contributed by atoms with Crippen LogP contribution in [-0.4, -0.2) is 29.2 Å². The van der Waals surface area contributed by atoms with Crippen molar-refractivity contribution in [2.75, 3.05) is 18.5 Å². The summed E-state index contributed by atoms with van der Waals surface area (Å²) in [5.41, 5.74) is 1.91. The van der Waals surface area contributed by atoms with Crippen LogP contribution in [0.5, 0.6) is 0 Å². The van der Waals surface area contributed by atoms with E-state index >= 15 is 0 Å². The average Bonchev–Trinajstić information content (AvgIpc) is 2.86. The lowest BCUT2D eigenvalue weighted by Gasteiger charge is -2.12. The largest absolute Gasteiger partial charge is 0.378 e. The summed E-state index contributed by atoms with van der Waals surface area (Å²) in [5, 5.41) is 3.33. The molecular formula is C14H23N3O. The molecule has 4 nitrogen and oxygen atoms in total. The van der Waals surface area contributed by atoms with Gasteiger partial charge in [-0.25, -0.2) is 4.98 Å². The van der Waals surface area contributed by atoms with Crippen molar-refractivity contribution in [1.29, 1.82) is 0 Å². The van der Waals surface area contributed by atoms with Gasteiger partial charge in [-0.1, -0.05) is 12.8 Å². The molecular weight excluding hydrogens is 226 g/mol. The van der Waals surface area contributed by atoms with E-state index in [-0.39, 0.29) is 0 Å². The van der Waals surface area contributed by atoms with E-state index in [9.17, 15) is 0 Å². The molecule has 1 aliphatic carbocycles. The maximum Gasteiger partial charge on any atom is 0.147 e. The highest BCUT2D eigenvalue weighted by molar-refractivity contribution is 5.39. The van der Waals surface area contributed by atoms with E-state index in [0.29, 0.717) is 6.10 Å². The molecule has 4 heteroatoms. The Balaban J connectivity index is 1.64. The molecule has 1 fully saturated rings. The lowest BCUT2D eigenvalue weighted by atomic mass is 10.3. The predicted molar refractivity (Wildman–Crippen MR) is 72.8 cm³/mol. The molecule has 0 atom stereocenters. The second kappa shape index (κ2) is 6.69. The van der Waals surface area contributed by atoms with Crippen LogP contribution in [0.1, 0.15) is 43.5 Å². The quantitative estimate of drug-likeness (QED) is 0.787. The van der Waals surface area contributed by atoms with Crippen molar-refractivity contribution in [2.24, 2.45) is 0 Å². The number of nitrogens with one attached hydrogen (secondary N) is 1. The molecule has 0 spiro atoms. The van der Waals surface area contributed by atoms with Crippen molar-refractivity contribution >= 4 is 5.82 Å². The fourth-order valence-electron chi connectivity index (χ4n) is 2.29. The van der Waals surface area contributed by atoms with Crippen LogP contribution in [0, 0.1) is 13.8 Å². The number of aryl methyl sites for hydroxylation is 2. The van der Waals surface area contributed by atoms with Crippen LogP contribution in [0.4, 0.5) is 5.82 Å². The van der Waals surface area contributed by atoms with Gasteiger partial charge in [-0.3, -0.25) is 4.98 Å². The molecule has 2 rings (SSSR count). The van der Waals surface area contributed by atoms with Crippen molar-refractivity contribution in [2.45, 2.75) is 52.1 Å². The second-order valence-electron chi connectivity index (χ2n) is 5.00. The van der Waals surface area contributed by atoms with Crippen LogP contribution >= 0.6 is 0 Å². The molecule has 1 aromatic rings. The number of hydrogen-bond donors (Lipinski definition) is 1. The predicted octanol–water partition coefficient (Wildman–Crippen LogP) is 2.85. The number of aromatic nitrogens is 2. The minimum absolute atomic E-state index is 0.519. The molecule has 18 heavy (non-hydrogen) atoms. The Morgan fingerprint density at radius 1 is 1.33 bits per heavy atom. The minimum Gasteiger partial charge on any atom is -0.378 e. The Morgan fingerprint density at radius 2 is 2.11 bits per heavy atom. The number of rotatable bonds is 6. The Labute approximate surface area is 109 Å². The van der Waals surface area contributed by atoms with E-state index in [1.165, 1.54) is 25.7 Å². The van der Waals surface area contributed by atoms with E-state index in [4.69, 9.17) is 4.74 Å². The molecule has 1 aliphatic rings. The van der Waals surface area contributed by atoms with E-state index < -0.39 is 0 Å². The van der Waals surface area contributed by atoms with Crippen molar-refractivity contribution in [3.05, 3.63) is 17.6 Å². The average molecular weight is 249 g/mol. The Hall–Kier alpha value is -1.16. The number of hydrogen-bond acceptors (Lipinski definition) is 4. The zero-order valence-corrected chi connectivity index (χ0v) is 11.4. The van der Waals surface area contributed by atoms with E-state index in [0.717, 1.165) is 36.8 Å². The lowest BCUT2D eigenvalue weighted by Crippen LogP contribution is -2.13. The Kier molecular flexibility index (Phi) is 4.93. The summed E-state index contributed by atoms with van der Waals surface area (Å²) < 4.78 is 5.82. The van der Waals surface area contributed by atoms with E-state index in [1.54, 1.807) is 6.20 Å². The van der Waals surface area contributed by atoms with E-state index in [1.807, 2.05) is 13.8 Å². The van der Waals surface area contributed by atoms with Gasteiger partial charge in [0.05, 0.1) is 17.5 Å². The molecule has 0 aliphatic heterocycles. The van der Waals surface area contributed by atoms with Crippen LogP contribution in [0.2, 0.25) is 0 Å². The van der Waals surface area contributed by atoms with Crippen molar-refractivity contribution < 1.29 is 4.74 Å². The number of ether oxygens (including phenoxy) is 1. The topological polar surface area (TPSA) is 47.0 Å². The first-order valence-corrected chi connectivity index (χ1v) is 6.91. The highest BCUT2D eigenvalue weighted by atomic mass is 16.5. The molecule has 0 aromatic carbocycles. The summed E-state index contributed by atoms with van der Waals surface area (Å²) in [6, 6.07) is 0. The standard InChI is InChI=1S/C14H23N3O/c1-11-10-16-12(2)14(17-11)15-8-5-9-18-13-6-3-4-7-13/h10,13H,3-9H2,1-2H3,(H,15,17). The third-order valence-corrected chi connectivity index (χ3v) is 3.35. The summed E-state index contributed by atoms with van der Waals surface area (Å²) in [5.74, 6) is 0.899. The van der Waals surface area contributed by atoms with Gasteiger partial charge in [-0.05, 0) is 33.1 Å². The molecule has 100 valence electrons. The molecule has 1 heterocycles. The fraction of sp³-hybridized carbons (Fsp3) is 0.714. The smallest absolute Gasteiger partial charge is 0.147 e. The maximum absolute atomic E-state index is 5.82. The highest BCUT2D eigenvalue weighted by Crippen LogP contribution is 2.20. The Morgan fingerprint density at radius 3 is 2.89 bits per heavy atom. The second-order valence-corrected chi connectivity index (χ2v) is 5.00. The van der Waals surface area contributed by atoms with Gasteiger partial charge in [-0.2, -0.15) is 0 Å². The number of nitrogens with zero attached hydrogens (tertiary/aromatic N) is 2. The molecule has 0 unspecified atom stereocenters. The van der Waals surface area contributed by atoms with Gasteiger partial charge in [0.2, 0.25) is 0 Å². The molecule has 1 saturated carbocycles. The fourth-order valence-corrected chi connectivity index (χ4v) is 2.29. The first-order chi connectivity index (χ1) is 8.75. The van der Waals surface area contributed by atoms with Crippen LogP contribution in [0.15, 0.2) is 6.20 Å². The van der Waals surface area contributed by atoms with Crippen LogP contribution < -0.4 is 5.32 Å². The van der Waals surface area contributed by atoms with Crippen molar-refractivity contribution in [1.82, 2.24) is 9.97 Å². The summed E-state index contributed by atoms with van der Waals surface area (Å²) in [6.45, 7) is 5.67. The van der Waals surface area contributed by atoms with Crippen LogP contribution in [0.3, 0.4) is 0 Å². The summed E-state index contributed by atoms with van der Waals surface area (Å²) >= 11 is 0. The summed E-state index contributed by atoms with van der Waals surface area (Å²) in [6.07, 6.45) is 8.49. The van der Waals surface area contributed by atoms with Crippen LogP contribution in [-0.2, 0) is 4.74 Å². The monoisotopic (exact) mass is 249 g/mol. The molecule has 0 bridgehead atoms. The first kappa shape index (κ1) is 13.3. The normalized spacial score (nSPS) is 16.1. The zero-order chi connectivity index (χ0) is 12.8. The van der Waals surface area contributed by atoms with Gasteiger partial charge in [0, 0.05) is 19.3 Å². The third-order valence-electron chi connectivity index (χ3n) is 3.35. The summed E-state index contributed by atoms with van der Waals surface area (Å²) in [4.78, 5) is 8.72. The molecule has 0 radical (unpaired) electrons. The molecule has 0 saturated heterocycles. The van der Waals surface area contributed by atoms with Gasteiger partial charge in [-0.15, -0.1) is 0 Å².